The lowest BCUT2D eigenvalue weighted by Crippen LogP contribution is -2.27. The van der Waals surface area contributed by atoms with Crippen LogP contribution in [0.3, 0.4) is 0 Å². The Balaban J connectivity index is 2.48. The van der Waals surface area contributed by atoms with Gasteiger partial charge in [0.15, 0.2) is 0 Å². The molecule has 0 saturated heterocycles. The molecule has 0 spiro atoms. The van der Waals surface area contributed by atoms with E-state index in [0.717, 1.165) is 10.9 Å². The highest BCUT2D eigenvalue weighted by Crippen LogP contribution is 2.29. The number of nitrogens with zero attached hydrogens (tertiary/aromatic N) is 2. The maximum absolute atomic E-state index is 9.79. The second-order valence-corrected chi connectivity index (χ2v) is 6.29. The molecule has 0 saturated carbocycles. The van der Waals surface area contributed by atoms with Gasteiger partial charge in [0, 0.05) is 18.0 Å². The predicted molar refractivity (Wildman–Crippen MR) is 91.3 cm³/mol. The van der Waals surface area contributed by atoms with E-state index in [1.54, 1.807) is 21.0 Å². The van der Waals surface area contributed by atoms with Gasteiger partial charge in [-0.05, 0) is 32.9 Å². The largest absolute Gasteiger partial charge is 0.495 e. The summed E-state index contributed by atoms with van der Waals surface area (Å²) in [4.78, 5) is 0. The van der Waals surface area contributed by atoms with Gasteiger partial charge in [0.05, 0.1) is 24.3 Å². The molecule has 23 heavy (non-hydrogen) atoms. The fourth-order valence-electron chi connectivity index (χ4n) is 2.20. The smallest absolute Gasteiger partial charge is 0.139 e. The first-order valence-electron chi connectivity index (χ1n) is 7.57. The van der Waals surface area contributed by atoms with Crippen molar-refractivity contribution >= 4 is 16.7 Å². The van der Waals surface area contributed by atoms with Gasteiger partial charge >= 0.3 is 0 Å². The molecule has 1 aromatic carbocycles. The van der Waals surface area contributed by atoms with E-state index in [1.807, 2.05) is 29.8 Å². The number of benzene rings is 1. The van der Waals surface area contributed by atoms with Crippen molar-refractivity contribution in [2.45, 2.75) is 32.4 Å². The average molecular weight is 319 g/mol. The van der Waals surface area contributed by atoms with Crippen LogP contribution in [-0.2, 0) is 4.74 Å². The third-order valence-corrected chi connectivity index (χ3v) is 3.54. The zero-order chi connectivity index (χ0) is 17.2. The normalized spacial score (nSPS) is 13.1. The number of ether oxygens (including phenoxy) is 2. The van der Waals surface area contributed by atoms with Crippen molar-refractivity contribution in [3.05, 3.63) is 30.5 Å². The van der Waals surface area contributed by atoms with Crippen molar-refractivity contribution in [1.29, 1.82) is 0 Å². The highest BCUT2D eigenvalue weighted by Gasteiger charge is 2.18. The number of aromatic nitrogens is 2. The molecule has 0 bridgehead atoms. The molecule has 6 nitrogen and oxygen atoms in total. The van der Waals surface area contributed by atoms with Gasteiger partial charge in [-0.2, -0.15) is 5.10 Å². The molecular formula is C17H25N3O3. The Morgan fingerprint density at radius 1 is 1.48 bits per heavy atom. The van der Waals surface area contributed by atoms with Crippen LogP contribution in [0.15, 0.2) is 24.8 Å². The maximum Gasteiger partial charge on any atom is 0.139 e. The molecule has 126 valence electrons. The van der Waals surface area contributed by atoms with Crippen LogP contribution in [0.4, 0.5) is 0 Å². The van der Waals surface area contributed by atoms with Crippen LogP contribution < -0.4 is 10.5 Å². The summed E-state index contributed by atoms with van der Waals surface area (Å²) in [6.07, 6.45) is 0. The Bertz CT molecular complexity index is 701. The van der Waals surface area contributed by atoms with Crippen molar-refractivity contribution < 1.29 is 14.6 Å². The first kappa shape index (κ1) is 17.3. The van der Waals surface area contributed by atoms with Gasteiger partial charge in [0.25, 0.3) is 0 Å². The molecular weight excluding hydrogens is 294 g/mol. The van der Waals surface area contributed by atoms with Gasteiger partial charge in [-0.15, -0.1) is 0 Å². The van der Waals surface area contributed by atoms with Gasteiger partial charge < -0.3 is 20.3 Å². The van der Waals surface area contributed by atoms with Gasteiger partial charge in [-0.3, -0.25) is 4.68 Å². The molecule has 0 aliphatic rings. The van der Waals surface area contributed by atoms with Crippen LogP contribution in [0.25, 0.3) is 16.7 Å². The Hall–Kier alpha value is -2.05. The number of nitrogens with two attached hydrogens (primary N) is 1. The summed E-state index contributed by atoms with van der Waals surface area (Å²) in [5.74, 6) is 1.17. The molecule has 0 amide bonds. The van der Waals surface area contributed by atoms with Crippen molar-refractivity contribution in [3.8, 4) is 5.75 Å². The zero-order valence-electron chi connectivity index (χ0n) is 14.2. The molecule has 0 fully saturated rings. The van der Waals surface area contributed by atoms with E-state index < -0.39 is 5.60 Å². The van der Waals surface area contributed by atoms with Gasteiger partial charge in [0.2, 0.25) is 0 Å². The number of rotatable bonds is 7. The molecule has 1 atom stereocenters. The summed E-state index contributed by atoms with van der Waals surface area (Å²) in [5.41, 5.74) is 6.48. The third-order valence-electron chi connectivity index (χ3n) is 3.54. The average Bonchev–Trinajstić information content (AvgIpc) is 2.89. The number of hydrogen-bond acceptors (Lipinski definition) is 5. The van der Waals surface area contributed by atoms with Crippen molar-refractivity contribution in [3.63, 3.8) is 0 Å². The van der Waals surface area contributed by atoms with Crippen molar-refractivity contribution in [2.24, 2.45) is 5.73 Å². The molecule has 0 radical (unpaired) electrons. The zero-order valence-corrected chi connectivity index (χ0v) is 14.2. The first-order valence-corrected chi connectivity index (χ1v) is 7.57. The Morgan fingerprint density at radius 2 is 2.17 bits per heavy atom. The summed E-state index contributed by atoms with van der Waals surface area (Å²) in [6.45, 7) is 9.96. The third kappa shape index (κ3) is 3.83. The standard InChI is InChI=1S/C17H25N3O3/c1-11(9-18)20-15-8-13(23-10-17(3,4)21)6-7-14(15)16(19-20)12(2)22-5/h6-8,11,21H,2,9-10,18H2,1,3-5H3. The lowest BCUT2D eigenvalue weighted by Gasteiger charge is -2.18. The van der Waals surface area contributed by atoms with Crippen LogP contribution in [0.1, 0.15) is 32.5 Å². The quantitative estimate of drug-likeness (QED) is 0.765. The van der Waals surface area contributed by atoms with E-state index in [4.69, 9.17) is 15.2 Å². The lowest BCUT2D eigenvalue weighted by atomic mass is 10.1. The molecule has 3 N–H and O–H groups in total. The highest BCUT2D eigenvalue weighted by molar-refractivity contribution is 5.90. The van der Waals surface area contributed by atoms with Gasteiger partial charge in [-0.25, -0.2) is 0 Å². The molecule has 1 aromatic heterocycles. The second kappa shape index (κ2) is 6.60. The summed E-state index contributed by atoms with van der Waals surface area (Å²) < 4.78 is 12.7. The molecule has 1 heterocycles. The lowest BCUT2D eigenvalue weighted by molar-refractivity contribution is 0.0285. The van der Waals surface area contributed by atoms with E-state index >= 15 is 0 Å². The van der Waals surface area contributed by atoms with Gasteiger partial charge in [0.1, 0.15) is 23.8 Å². The highest BCUT2D eigenvalue weighted by atomic mass is 16.5. The summed E-state index contributed by atoms with van der Waals surface area (Å²) in [7, 11) is 1.57. The number of methoxy groups -OCH3 is 1. The monoisotopic (exact) mass is 319 g/mol. The first-order chi connectivity index (χ1) is 10.8. The minimum atomic E-state index is -0.894. The summed E-state index contributed by atoms with van der Waals surface area (Å²) in [6, 6.07) is 5.69. The Morgan fingerprint density at radius 3 is 2.74 bits per heavy atom. The second-order valence-electron chi connectivity index (χ2n) is 6.29. The molecule has 0 aliphatic carbocycles. The van der Waals surface area contributed by atoms with Crippen molar-refractivity contribution in [2.75, 3.05) is 20.3 Å². The van der Waals surface area contributed by atoms with Gasteiger partial charge in [-0.1, -0.05) is 6.58 Å². The minimum Gasteiger partial charge on any atom is -0.495 e. The predicted octanol–water partition coefficient (Wildman–Crippen LogP) is 2.32. The molecule has 6 heteroatoms. The van der Waals surface area contributed by atoms with Crippen LogP contribution in [-0.4, -0.2) is 40.7 Å². The SMILES string of the molecule is C=C(OC)c1nn(C(C)CN)c2cc(OCC(C)(C)O)ccc12. The van der Waals surface area contributed by atoms with Crippen LogP contribution in [0.2, 0.25) is 0 Å². The van der Waals surface area contributed by atoms with Crippen molar-refractivity contribution in [1.82, 2.24) is 9.78 Å². The summed E-state index contributed by atoms with van der Waals surface area (Å²) in [5, 5.41) is 15.3. The number of fused-ring (bicyclic) bond motifs is 1. The van der Waals surface area contributed by atoms with Crippen LogP contribution in [0.5, 0.6) is 5.75 Å². The Kier molecular flexibility index (Phi) is 4.97. The van der Waals surface area contributed by atoms with Crippen LogP contribution in [0, 0.1) is 0 Å². The van der Waals surface area contributed by atoms with E-state index in [-0.39, 0.29) is 12.6 Å². The fourth-order valence-corrected chi connectivity index (χ4v) is 2.20. The molecule has 2 rings (SSSR count). The van der Waals surface area contributed by atoms with E-state index in [0.29, 0.717) is 23.7 Å². The molecule has 2 aromatic rings. The molecule has 1 unspecified atom stereocenters. The summed E-state index contributed by atoms with van der Waals surface area (Å²) >= 11 is 0. The maximum atomic E-state index is 9.79. The van der Waals surface area contributed by atoms with E-state index in [1.165, 1.54) is 0 Å². The van der Waals surface area contributed by atoms with E-state index in [2.05, 4.69) is 11.7 Å². The number of hydrogen-bond donors (Lipinski definition) is 2. The minimum absolute atomic E-state index is 0.0282. The topological polar surface area (TPSA) is 82.5 Å². The fraction of sp³-hybridized carbons (Fsp3) is 0.471. The molecule has 0 aliphatic heterocycles. The van der Waals surface area contributed by atoms with E-state index in [9.17, 15) is 5.11 Å². The van der Waals surface area contributed by atoms with Crippen LogP contribution >= 0.6 is 0 Å². The Labute approximate surface area is 136 Å². The number of aliphatic hydroxyl groups is 1.